The Labute approximate surface area is 127 Å². The SMILES string of the molecule is CC(C)n1nc(-c2cc3cccnc3[nH]2)c2c(N)nccc21. The average molecular weight is 292 g/mol. The van der Waals surface area contributed by atoms with E-state index in [-0.39, 0.29) is 6.04 Å². The fraction of sp³-hybridized carbons (Fsp3) is 0.188. The molecule has 4 aromatic rings. The van der Waals surface area contributed by atoms with Gasteiger partial charge < -0.3 is 10.7 Å². The van der Waals surface area contributed by atoms with Crippen LogP contribution in [0.4, 0.5) is 5.82 Å². The van der Waals surface area contributed by atoms with Crippen molar-refractivity contribution in [1.82, 2.24) is 24.7 Å². The highest BCUT2D eigenvalue weighted by atomic mass is 15.3. The molecule has 0 amide bonds. The molecule has 0 spiro atoms. The monoisotopic (exact) mass is 292 g/mol. The Morgan fingerprint density at radius 2 is 2.05 bits per heavy atom. The highest BCUT2D eigenvalue weighted by molar-refractivity contribution is 6.01. The standard InChI is InChI=1S/C16H16N6/c1-9(2)22-12-5-7-18-15(17)13(12)14(21-22)11-8-10-4-3-6-19-16(10)20-11/h3-9H,1-2H3,(H2,17,18)(H,19,20). The van der Waals surface area contributed by atoms with Gasteiger partial charge in [-0.15, -0.1) is 0 Å². The van der Waals surface area contributed by atoms with Gasteiger partial charge in [-0.3, -0.25) is 4.68 Å². The van der Waals surface area contributed by atoms with Gasteiger partial charge >= 0.3 is 0 Å². The molecule has 4 aromatic heterocycles. The lowest BCUT2D eigenvalue weighted by Crippen LogP contribution is -2.02. The molecule has 0 atom stereocenters. The third-order valence-electron chi connectivity index (χ3n) is 3.79. The van der Waals surface area contributed by atoms with Gasteiger partial charge in [-0.05, 0) is 38.1 Å². The lowest BCUT2D eigenvalue weighted by molar-refractivity contribution is 0.552. The summed E-state index contributed by atoms with van der Waals surface area (Å²) in [5.41, 5.74) is 9.65. The molecule has 4 heterocycles. The van der Waals surface area contributed by atoms with E-state index in [0.29, 0.717) is 5.82 Å². The molecule has 0 saturated heterocycles. The maximum atomic E-state index is 6.11. The number of aromatic nitrogens is 5. The minimum absolute atomic E-state index is 0.237. The Hall–Kier alpha value is -2.89. The summed E-state index contributed by atoms with van der Waals surface area (Å²) in [5, 5.41) is 6.68. The maximum absolute atomic E-state index is 6.11. The van der Waals surface area contributed by atoms with E-state index in [0.717, 1.165) is 33.3 Å². The van der Waals surface area contributed by atoms with Crippen LogP contribution in [0.15, 0.2) is 36.7 Å². The number of nitrogens with one attached hydrogen (secondary N) is 1. The first-order valence-electron chi connectivity index (χ1n) is 7.22. The minimum Gasteiger partial charge on any atom is -0.383 e. The highest BCUT2D eigenvalue weighted by Gasteiger charge is 2.18. The average Bonchev–Trinajstić information content (AvgIpc) is 3.08. The van der Waals surface area contributed by atoms with Gasteiger partial charge in [0.15, 0.2) is 0 Å². The third kappa shape index (κ3) is 1.77. The van der Waals surface area contributed by atoms with Gasteiger partial charge in [0, 0.05) is 23.8 Å². The zero-order valence-corrected chi connectivity index (χ0v) is 12.4. The van der Waals surface area contributed by atoms with Crippen LogP contribution in [-0.4, -0.2) is 24.7 Å². The number of fused-ring (bicyclic) bond motifs is 2. The first-order valence-corrected chi connectivity index (χ1v) is 7.22. The molecule has 0 bridgehead atoms. The number of pyridine rings is 2. The molecule has 3 N–H and O–H groups in total. The maximum Gasteiger partial charge on any atom is 0.137 e. The number of nitrogen functional groups attached to an aromatic ring is 1. The molecule has 0 radical (unpaired) electrons. The fourth-order valence-electron chi connectivity index (χ4n) is 2.78. The zero-order chi connectivity index (χ0) is 15.3. The van der Waals surface area contributed by atoms with Crippen molar-refractivity contribution < 1.29 is 0 Å². The Bertz CT molecular complexity index is 946. The van der Waals surface area contributed by atoms with E-state index in [1.54, 1.807) is 12.4 Å². The van der Waals surface area contributed by atoms with Crippen LogP contribution in [0.1, 0.15) is 19.9 Å². The normalized spacial score (nSPS) is 11.8. The van der Waals surface area contributed by atoms with E-state index in [4.69, 9.17) is 10.8 Å². The third-order valence-corrected chi connectivity index (χ3v) is 3.79. The van der Waals surface area contributed by atoms with Crippen molar-refractivity contribution in [2.24, 2.45) is 0 Å². The number of nitrogens with zero attached hydrogens (tertiary/aromatic N) is 4. The number of H-pyrrole nitrogens is 1. The summed E-state index contributed by atoms with van der Waals surface area (Å²) >= 11 is 0. The van der Waals surface area contributed by atoms with E-state index in [1.807, 2.05) is 28.9 Å². The van der Waals surface area contributed by atoms with Crippen molar-refractivity contribution in [2.75, 3.05) is 5.73 Å². The number of hydrogen-bond donors (Lipinski definition) is 2. The summed E-state index contributed by atoms with van der Waals surface area (Å²) in [6.45, 7) is 4.19. The molecule has 0 aliphatic rings. The van der Waals surface area contributed by atoms with Gasteiger partial charge in [0.1, 0.15) is 17.2 Å². The van der Waals surface area contributed by atoms with Gasteiger partial charge in [0.25, 0.3) is 0 Å². The molecule has 4 rings (SSSR count). The van der Waals surface area contributed by atoms with Gasteiger partial charge in [0.2, 0.25) is 0 Å². The number of nitrogens with two attached hydrogens (primary N) is 1. The van der Waals surface area contributed by atoms with E-state index in [2.05, 4.69) is 28.8 Å². The zero-order valence-electron chi connectivity index (χ0n) is 12.4. The molecule has 6 heteroatoms. The lowest BCUT2D eigenvalue weighted by atomic mass is 10.2. The first-order chi connectivity index (χ1) is 10.6. The van der Waals surface area contributed by atoms with Gasteiger partial charge in [0.05, 0.1) is 16.6 Å². The summed E-state index contributed by atoms with van der Waals surface area (Å²) in [6.07, 6.45) is 3.48. The quantitative estimate of drug-likeness (QED) is 0.594. The van der Waals surface area contributed by atoms with Crippen molar-refractivity contribution in [3.05, 3.63) is 36.7 Å². The van der Waals surface area contributed by atoms with E-state index in [1.165, 1.54) is 0 Å². The lowest BCUT2D eigenvalue weighted by Gasteiger charge is -2.06. The molecule has 0 aliphatic carbocycles. The fourth-order valence-corrected chi connectivity index (χ4v) is 2.78. The number of anilines is 1. The first kappa shape index (κ1) is 12.8. The second-order valence-electron chi connectivity index (χ2n) is 5.60. The van der Waals surface area contributed by atoms with Gasteiger partial charge in [-0.25, -0.2) is 9.97 Å². The molecule has 6 nitrogen and oxygen atoms in total. The van der Waals surface area contributed by atoms with Crippen LogP contribution in [0, 0.1) is 0 Å². The van der Waals surface area contributed by atoms with Crippen LogP contribution in [0.3, 0.4) is 0 Å². The second kappa shape index (κ2) is 4.56. The molecule has 0 fully saturated rings. The summed E-state index contributed by atoms with van der Waals surface area (Å²) in [7, 11) is 0. The summed E-state index contributed by atoms with van der Waals surface area (Å²) in [5.74, 6) is 0.492. The summed E-state index contributed by atoms with van der Waals surface area (Å²) < 4.78 is 1.97. The summed E-state index contributed by atoms with van der Waals surface area (Å²) in [4.78, 5) is 11.9. The largest absolute Gasteiger partial charge is 0.383 e. The number of hydrogen-bond acceptors (Lipinski definition) is 4. The van der Waals surface area contributed by atoms with E-state index in [9.17, 15) is 0 Å². The van der Waals surface area contributed by atoms with Crippen molar-refractivity contribution in [1.29, 1.82) is 0 Å². The van der Waals surface area contributed by atoms with E-state index < -0.39 is 0 Å². The Morgan fingerprint density at radius 3 is 2.82 bits per heavy atom. The molecule has 22 heavy (non-hydrogen) atoms. The Kier molecular flexibility index (Phi) is 2.66. The Balaban J connectivity index is 2.05. The van der Waals surface area contributed by atoms with Crippen LogP contribution >= 0.6 is 0 Å². The Morgan fingerprint density at radius 1 is 1.18 bits per heavy atom. The molecular formula is C16H16N6. The van der Waals surface area contributed by atoms with Gasteiger partial charge in [-0.1, -0.05) is 0 Å². The van der Waals surface area contributed by atoms with Crippen LogP contribution in [0.5, 0.6) is 0 Å². The van der Waals surface area contributed by atoms with Crippen LogP contribution in [0.25, 0.3) is 33.3 Å². The van der Waals surface area contributed by atoms with Gasteiger partial charge in [-0.2, -0.15) is 5.10 Å². The number of aromatic amines is 1. The van der Waals surface area contributed by atoms with Crippen LogP contribution in [0.2, 0.25) is 0 Å². The summed E-state index contributed by atoms with van der Waals surface area (Å²) in [6, 6.07) is 8.16. The molecule has 0 aliphatic heterocycles. The van der Waals surface area contributed by atoms with Crippen molar-refractivity contribution in [2.45, 2.75) is 19.9 Å². The van der Waals surface area contributed by atoms with Crippen LogP contribution in [-0.2, 0) is 0 Å². The molecular weight excluding hydrogens is 276 g/mol. The van der Waals surface area contributed by atoms with Crippen molar-refractivity contribution in [3.8, 4) is 11.4 Å². The molecule has 0 aromatic carbocycles. The van der Waals surface area contributed by atoms with Crippen LogP contribution < -0.4 is 5.73 Å². The van der Waals surface area contributed by atoms with Crippen molar-refractivity contribution >= 4 is 27.8 Å². The second-order valence-corrected chi connectivity index (χ2v) is 5.60. The number of rotatable bonds is 2. The molecule has 0 unspecified atom stereocenters. The predicted octanol–water partition coefficient (Wildman–Crippen LogP) is 3.14. The highest BCUT2D eigenvalue weighted by Crippen LogP contribution is 2.33. The van der Waals surface area contributed by atoms with Crippen molar-refractivity contribution in [3.63, 3.8) is 0 Å². The predicted molar refractivity (Wildman–Crippen MR) is 87.4 cm³/mol. The molecule has 0 saturated carbocycles. The minimum atomic E-state index is 0.237. The molecule has 110 valence electrons. The topological polar surface area (TPSA) is 85.4 Å². The smallest absolute Gasteiger partial charge is 0.137 e. The van der Waals surface area contributed by atoms with E-state index >= 15 is 0 Å².